The molecule has 1 aliphatic rings. The van der Waals surface area contributed by atoms with Gasteiger partial charge in [0.1, 0.15) is 6.61 Å². The maximum atomic E-state index is 10.1. The number of phenolic OH excluding ortho intramolecular Hbond substituents is 1. The summed E-state index contributed by atoms with van der Waals surface area (Å²) in [6.45, 7) is 5.05. The normalized spacial score (nSPS) is 14.3. The summed E-state index contributed by atoms with van der Waals surface area (Å²) in [6.07, 6.45) is 2.04. The smallest absolute Gasteiger partial charge is 0.176 e. The van der Waals surface area contributed by atoms with Crippen LogP contribution < -0.4 is 4.74 Å². The monoisotopic (exact) mass is 264 g/mol. The van der Waals surface area contributed by atoms with Crippen LogP contribution in [0, 0.1) is 5.92 Å². The van der Waals surface area contributed by atoms with Crippen LogP contribution >= 0.6 is 0 Å². The number of phenols is 1. The Hall–Kier alpha value is -1.84. The van der Waals surface area contributed by atoms with Crippen LogP contribution in [0.1, 0.15) is 32.3 Å². The first-order valence-corrected chi connectivity index (χ1v) is 6.59. The number of rotatable bonds is 5. The summed E-state index contributed by atoms with van der Waals surface area (Å²) in [5.74, 6) is 1.48. The van der Waals surface area contributed by atoms with E-state index in [9.17, 15) is 10.2 Å². The van der Waals surface area contributed by atoms with E-state index in [4.69, 9.17) is 9.47 Å². The second kappa shape index (κ2) is 5.87. The molecule has 0 aromatic heterocycles. The molecule has 104 valence electrons. The molecule has 1 aliphatic heterocycles. The lowest BCUT2D eigenvalue weighted by Crippen LogP contribution is -2.14. The van der Waals surface area contributed by atoms with Gasteiger partial charge < -0.3 is 19.7 Å². The average Bonchev–Trinajstić information content (AvgIpc) is 2.37. The third-order valence-electron chi connectivity index (χ3n) is 3.06. The minimum absolute atomic E-state index is 0.0305. The number of aromatic hydroxyl groups is 1. The molecule has 1 aromatic rings. The molecule has 0 amide bonds. The van der Waals surface area contributed by atoms with Gasteiger partial charge in [-0.15, -0.1) is 0 Å². The summed E-state index contributed by atoms with van der Waals surface area (Å²) < 4.78 is 11.0. The maximum Gasteiger partial charge on any atom is 0.176 e. The van der Waals surface area contributed by atoms with Gasteiger partial charge in [-0.25, -0.2) is 0 Å². The summed E-state index contributed by atoms with van der Waals surface area (Å²) in [5, 5.41) is 19.8. The van der Waals surface area contributed by atoms with Gasteiger partial charge in [0.15, 0.2) is 23.0 Å². The zero-order valence-electron chi connectivity index (χ0n) is 11.3. The summed E-state index contributed by atoms with van der Waals surface area (Å²) in [4.78, 5) is 0. The van der Waals surface area contributed by atoms with E-state index in [2.05, 4.69) is 13.8 Å². The molecule has 0 saturated heterocycles. The molecule has 19 heavy (non-hydrogen) atoms. The van der Waals surface area contributed by atoms with Crippen LogP contribution in [-0.2, 0) is 4.74 Å². The number of fused-ring (bicyclic) bond motifs is 1. The Morgan fingerprint density at radius 3 is 2.84 bits per heavy atom. The Morgan fingerprint density at radius 2 is 2.11 bits per heavy atom. The van der Waals surface area contributed by atoms with E-state index in [0.29, 0.717) is 29.6 Å². The maximum absolute atomic E-state index is 10.1. The summed E-state index contributed by atoms with van der Waals surface area (Å²) in [6, 6.07) is 4.89. The molecule has 1 heterocycles. The van der Waals surface area contributed by atoms with E-state index in [1.807, 2.05) is 0 Å². The van der Waals surface area contributed by atoms with Gasteiger partial charge >= 0.3 is 0 Å². The molecule has 0 aliphatic carbocycles. The number of aliphatic hydroxyl groups is 1. The highest BCUT2D eigenvalue weighted by atomic mass is 16.5. The number of aliphatic hydroxyl groups excluding tert-OH is 1. The van der Waals surface area contributed by atoms with Gasteiger partial charge in [-0.05, 0) is 30.9 Å². The van der Waals surface area contributed by atoms with Crippen molar-refractivity contribution in [3.05, 3.63) is 29.5 Å². The standard InChI is InChI=1S/C15H20O4/c1-10(2)5-4-8-18-13-9-19-15-11(14(13)17)6-3-7-12(15)16/h3,6-7,10,16-17H,4-5,8-9H2,1-2H3. The van der Waals surface area contributed by atoms with E-state index >= 15 is 0 Å². The summed E-state index contributed by atoms with van der Waals surface area (Å²) in [5.41, 5.74) is 0.477. The first kappa shape index (κ1) is 13.6. The molecule has 4 heteroatoms. The Labute approximate surface area is 113 Å². The fourth-order valence-electron chi connectivity index (χ4n) is 2.02. The third kappa shape index (κ3) is 3.13. The predicted octanol–water partition coefficient (Wildman–Crippen LogP) is 3.46. The number of para-hydroxylation sites is 1. The highest BCUT2D eigenvalue weighted by molar-refractivity contribution is 5.71. The van der Waals surface area contributed by atoms with Gasteiger partial charge in [-0.3, -0.25) is 0 Å². The fourth-order valence-corrected chi connectivity index (χ4v) is 2.02. The van der Waals surface area contributed by atoms with E-state index in [0.717, 1.165) is 12.8 Å². The predicted molar refractivity (Wildman–Crippen MR) is 73.2 cm³/mol. The molecule has 2 rings (SSSR count). The second-order valence-electron chi connectivity index (χ2n) is 5.10. The van der Waals surface area contributed by atoms with Gasteiger partial charge in [0.25, 0.3) is 0 Å². The van der Waals surface area contributed by atoms with Gasteiger partial charge in [0, 0.05) is 0 Å². The van der Waals surface area contributed by atoms with Crippen molar-refractivity contribution in [2.24, 2.45) is 5.92 Å². The molecule has 1 aromatic carbocycles. The van der Waals surface area contributed by atoms with Crippen molar-refractivity contribution in [2.75, 3.05) is 13.2 Å². The molecule has 0 atom stereocenters. The first-order chi connectivity index (χ1) is 9.09. The van der Waals surface area contributed by atoms with Crippen LogP contribution in [0.3, 0.4) is 0 Å². The molecule has 0 unspecified atom stereocenters. The molecule has 0 fully saturated rings. The van der Waals surface area contributed by atoms with E-state index in [1.54, 1.807) is 12.1 Å². The zero-order chi connectivity index (χ0) is 13.8. The summed E-state index contributed by atoms with van der Waals surface area (Å²) >= 11 is 0. The Morgan fingerprint density at radius 1 is 1.32 bits per heavy atom. The molecule has 2 N–H and O–H groups in total. The third-order valence-corrected chi connectivity index (χ3v) is 3.06. The van der Waals surface area contributed by atoms with Crippen molar-refractivity contribution in [3.63, 3.8) is 0 Å². The van der Waals surface area contributed by atoms with Crippen LogP contribution in [-0.4, -0.2) is 23.4 Å². The van der Waals surface area contributed by atoms with E-state index in [-0.39, 0.29) is 18.1 Å². The lowest BCUT2D eigenvalue weighted by atomic mass is 10.1. The molecule has 0 saturated carbocycles. The van der Waals surface area contributed by atoms with Crippen molar-refractivity contribution in [3.8, 4) is 11.5 Å². The Balaban J connectivity index is 2.04. The molecular weight excluding hydrogens is 244 g/mol. The number of ether oxygens (including phenoxy) is 2. The van der Waals surface area contributed by atoms with Gasteiger partial charge in [-0.2, -0.15) is 0 Å². The SMILES string of the molecule is CC(C)CCCOC1=C(O)c2cccc(O)c2OC1. The van der Waals surface area contributed by atoms with Crippen molar-refractivity contribution in [1.82, 2.24) is 0 Å². The van der Waals surface area contributed by atoms with Crippen molar-refractivity contribution in [2.45, 2.75) is 26.7 Å². The van der Waals surface area contributed by atoms with Crippen LogP contribution in [0.25, 0.3) is 5.76 Å². The lowest BCUT2D eigenvalue weighted by Gasteiger charge is -2.21. The Bertz CT molecular complexity index is 477. The average molecular weight is 264 g/mol. The van der Waals surface area contributed by atoms with Crippen molar-refractivity contribution >= 4 is 5.76 Å². The van der Waals surface area contributed by atoms with Gasteiger partial charge in [0.2, 0.25) is 0 Å². The number of benzene rings is 1. The Kier molecular flexibility index (Phi) is 4.20. The highest BCUT2D eigenvalue weighted by Crippen LogP contribution is 2.38. The van der Waals surface area contributed by atoms with Gasteiger partial charge in [0.05, 0.1) is 12.2 Å². The van der Waals surface area contributed by atoms with E-state index < -0.39 is 0 Å². The van der Waals surface area contributed by atoms with Crippen LogP contribution in [0.5, 0.6) is 11.5 Å². The second-order valence-corrected chi connectivity index (χ2v) is 5.10. The van der Waals surface area contributed by atoms with Crippen LogP contribution in [0.2, 0.25) is 0 Å². The highest BCUT2D eigenvalue weighted by Gasteiger charge is 2.23. The molecular formula is C15H20O4. The first-order valence-electron chi connectivity index (χ1n) is 6.59. The number of hydrogen-bond donors (Lipinski definition) is 2. The number of hydrogen-bond acceptors (Lipinski definition) is 4. The molecule has 0 radical (unpaired) electrons. The van der Waals surface area contributed by atoms with Crippen molar-refractivity contribution in [1.29, 1.82) is 0 Å². The fraction of sp³-hybridized carbons (Fsp3) is 0.467. The summed E-state index contributed by atoms with van der Waals surface area (Å²) in [7, 11) is 0. The molecule has 0 bridgehead atoms. The molecule has 4 nitrogen and oxygen atoms in total. The van der Waals surface area contributed by atoms with Crippen LogP contribution in [0.15, 0.2) is 24.0 Å². The minimum atomic E-state index is 0.0305. The quantitative estimate of drug-likeness (QED) is 0.799. The zero-order valence-corrected chi connectivity index (χ0v) is 11.3. The van der Waals surface area contributed by atoms with E-state index in [1.165, 1.54) is 6.07 Å². The minimum Gasteiger partial charge on any atom is -0.504 e. The van der Waals surface area contributed by atoms with Crippen molar-refractivity contribution < 1.29 is 19.7 Å². The molecule has 0 spiro atoms. The van der Waals surface area contributed by atoms with Crippen LogP contribution in [0.4, 0.5) is 0 Å². The van der Waals surface area contributed by atoms with Gasteiger partial charge in [-0.1, -0.05) is 19.9 Å². The lowest BCUT2D eigenvalue weighted by molar-refractivity contribution is 0.150. The largest absolute Gasteiger partial charge is 0.504 e. The topological polar surface area (TPSA) is 58.9 Å².